The summed E-state index contributed by atoms with van der Waals surface area (Å²) in [6.45, 7) is 1.93. The average Bonchev–Trinajstić information content (AvgIpc) is 2.35. The molecule has 0 spiro atoms. The number of hydrogen-bond acceptors (Lipinski definition) is 4. The second-order valence-corrected chi connectivity index (χ2v) is 4.27. The van der Waals surface area contributed by atoms with Crippen LogP contribution in [0.15, 0.2) is 36.7 Å². The third kappa shape index (κ3) is 2.48. The van der Waals surface area contributed by atoms with Crippen molar-refractivity contribution < 1.29 is 4.79 Å². The van der Waals surface area contributed by atoms with Gasteiger partial charge < -0.3 is 11.5 Å². The minimum Gasteiger partial charge on any atom is -0.398 e. The first-order chi connectivity index (χ1) is 8.58. The molecule has 0 saturated heterocycles. The summed E-state index contributed by atoms with van der Waals surface area (Å²) in [4.78, 5) is 16.1. The molecule has 0 amide bonds. The second kappa shape index (κ2) is 4.87. The van der Waals surface area contributed by atoms with E-state index in [1.807, 2.05) is 13.0 Å². The van der Waals surface area contributed by atoms with Gasteiger partial charge in [0, 0.05) is 41.3 Å². The lowest BCUT2D eigenvalue weighted by atomic mass is 10.00. The number of ketones is 1. The number of rotatable bonds is 3. The molecule has 0 bridgehead atoms. The number of carbonyl (C=O) groups is 1. The van der Waals surface area contributed by atoms with E-state index in [9.17, 15) is 4.79 Å². The van der Waals surface area contributed by atoms with Gasteiger partial charge in [-0.3, -0.25) is 9.78 Å². The maximum Gasteiger partial charge on any atom is 0.169 e. The van der Waals surface area contributed by atoms with Crippen LogP contribution in [0.1, 0.15) is 21.5 Å². The molecule has 0 saturated carbocycles. The van der Waals surface area contributed by atoms with Gasteiger partial charge in [-0.25, -0.2) is 0 Å². The highest BCUT2D eigenvalue weighted by atomic mass is 16.1. The average molecular weight is 241 g/mol. The minimum absolute atomic E-state index is 0.0455. The van der Waals surface area contributed by atoms with E-state index in [-0.39, 0.29) is 12.2 Å². The van der Waals surface area contributed by atoms with Gasteiger partial charge in [-0.2, -0.15) is 0 Å². The van der Waals surface area contributed by atoms with Crippen LogP contribution in [0.4, 0.5) is 11.4 Å². The summed E-state index contributed by atoms with van der Waals surface area (Å²) in [6.07, 6.45) is 3.43. The van der Waals surface area contributed by atoms with Gasteiger partial charge in [-0.15, -0.1) is 0 Å². The van der Waals surface area contributed by atoms with Gasteiger partial charge >= 0.3 is 0 Å². The fourth-order valence-electron chi connectivity index (χ4n) is 1.77. The zero-order chi connectivity index (χ0) is 13.1. The molecule has 18 heavy (non-hydrogen) atoms. The van der Waals surface area contributed by atoms with E-state index in [0.717, 1.165) is 11.1 Å². The highest BCUT2D eigenvalue weighted by molar-refractivity contribution is 6.02. The van der Waals surface area contributed by atoms with Gasteiger partial charge in [0.1, 0.15) is 0 Å². The van der Waals surface area contributed by atoms with Crippen LogP contribution in [0.5, 0.6) is 0 Å². The highest BCUT2D eigenvalue weighted by Gasteiger charge is 2.12. The Kier molecular flexibility index (Phi) is 3.28. The molecule has 1 heterocycles. The summed E-state index contributed by atoms with van der Waals surface area (Å²) in [5, 5.41) is 0. The van der Waals surface area contributed by atoms with Crippen LogP contribution in [0, 0.1) is 6.92 Å². The molecule has 0 radical (unpaired) electrons. The molecule has 0 aliphatic heterocycles. The number of carbonyl (C=O) groups excluding carboxylic acids is 1. The van der Waals surface area contributed by atoms with E-state index in [4.69, 9.17) is 11.5 Å². The van der Waals surface area contributed by atoms with E-state index in [2.05, 4.69) is 4.98 Å². The topological polar surface area (TPSA) is 82.0 Å². The fourth-order valence-corrected chi connectivity index (χ4v) is 1.77. The Morgan fingerprint density at radius 3 is 2.72 bits per heavy atom. The number of benzene rings is 1. The van der Waals surface area contributed by atoms with E-state index in [1.165, 1.54) is 0 Å². The highest BCUT2D eigenvalue weighted by Crippen LogP contribution is 2.18. The van der Waals surface area contributed by atoms with Crippen molar-refractivity contribution in [2.24, 2.45) is 0 Å². The maximum atomic E-state index is 12.2. The Bertz CT molecular complexity index is 593. The molecule has 4 N–H and O–H groups in total. The smallest absolute Gasteiger partial charge is 0.169 e. The lowest BCUT2D eigenvalue weighted by Gasteiger charge is -2.07. The molecule has 0 atom stereocenters. The van der Waals surface area contributed by atoms with Crippen molar-refractivity contribution in [1.82, 2.24) is 4.98 Å². The number of aryl methyl sites for hydroxylation is 1. The van der Waals surface area contributed by atoms with Crippen LogP contribution in [0.25, 0.3) is 0 Å². The van der Waals surface area contributed by atoms with Crippen LogP contribution in [0.2, 0.25) is 0 Å². The number of aromatic nitrogens is 1. The molecule has 4 nitrogen and oxygen atoms in total. The Morgan fingerprint density at radius 2 is 2.00 bits per heavy atom. The molecule has 0 aliphatic rings. The monoisotopic (exact) mass is 241 g/mol. The third-order valence-electron chi connectivity index (χ3n) is 2.80. The number of anilines is 2. The van der Waals surface area contributed by atoms with Crippen molar-refractivity contribution in [3.63, 3.8) is 0 Å². The fraction of sp³-hybridized carbons (Fsp3) is 0.143. The summed E-state index contributed by atoms with van der Waals surface area (Å²) < 4.78 is 0. The largest absolute Gasteiger partial charge is 0.398 e. The first-order valence-corrected chi connectivity index (χ1v) is 5.65. The van der Waals surface area contributed by atoms with Gasteiger partial charge in [0.2, 0.25) is 0 Å². The Hall–Kier alpha value is -2.36. The quantitative estimate of drug-likeness (QED) is 0.636. The molecular weight excluding hydrogens is 226 g/mol. The molecule has 2 rings (SSSR count). The maximum absolute atomic E-state index is 12.2. The van der Waals surface area contributed by atoms with Gasteiger partial charge in [-0.05, 0) is 25.1 Å². The number of nitrogens with two attached hydrogens (primary N) is 2. The van der Waals surface area contributed by atoms with Gasteiger partial charge in [0.05, 0.1) is 0 Å². The summed E-state index contributed by atoms with van der Waals surface area (Å²) >= 11 is 0. The van der Waals surface area contributed by atoms with Crippen molar-refractivity contribution in [2.45, 2.75) is 13.3 Å². The second-order valence-electron chi connectivity index (χ2n) is 4.27. The Balaban J connectivity index is 2.28. The molecule has 0 unspecified atom stereocenters. The van der Waals surface area contributed by atoms with Crippen molar-refractivity contribution in [3.05, 3.63) is 53.3 Å². The first kappa shape index (κ1) is 12.1. The molecule has 0 aliphatic carbocycles. The van der Waals surface area contributed by atoms with Gasteiger partial charge in [0.25, 0.3) is 0 Å². The van der Waals surface area contributed by atoms with Crippen molar-refractivity contribution in [1.29, 1.82) is 0 Å². The standard InChI is InChI=1S/C14H15N3O/c1-9-2-3-13(16)11(6-9)14(18)7-10-8-17-5-4-12(10)15/h2-6,8H,7,16H2,1H3,(H2,15,17). The van der Waals surface area contributed by atoms with Crippen molar-refractivity contribution in [2.75, 3.05) is 11.5 Å². The van der Waals surface area contributed by atoms with E-state index in [0.29, 0.717) is 16.9 Å². The van der Waals surface area contributed by atoms with Gasteiger partial charge in [0.15, 0.2) is 5.78 Å². The summed E-state index contributed by atoms with van der Waals surface area (Å²) in [5.74, 6) is -0.0455. The zero-order valence-electron chi connectivity index (χ0n) is 10.2. The lowest BCUT2D eigenvalue weighted by molar-refractivity contribution is 0.0994. The molecule has 1 aromatic heterocycles. The molecule has 92 valence electrons. The summed E-state index contributed by atoms with van der Waals surface area (Å²) in [5.41, 5.74) is 14.9. The molecule has 2 aromatic rings. The van der Waals surface area contributed by atoms with E-state index >= 15 is 0 Å². The Morgan fingerprint density at radius 1 is 1.22 bits per heavy atom. The number of pyridine rings is 1. The molecular formula is C14H15N3O. The minimum atomic E-state index is -0.0455. The van der Waals surface area contributed by atoms with Crippen LogP contribution in [-0.4, -0.2) is 10.8 Å². The molecule has 0 fully saturated rings. The van der Waals surface area contributed by atoms with Gasteiger partial charge in [-0.1, -0.05) is 11.6 Å². The number of nitrogens with zero attached hydrogens (tertiary/aromatic N) is 1. The van der Waals surface area contributed by atoms with Crippen LogP contribution >= 0.6 is 0 Å². The van der Waals surface area contributed by atoms with Crippen LogP contribution in [0.3, 0.4) is 0 Å². The zero-order valence-corrected chi connectivity index (χ0v) is 10.2. The normalized spacial score (nSPS) is 10.3. The molecule has 4 heteroatoms. The SMILES string of the molecule is Cc1ccc(N)c(C(=O)Cc2cnccc2N)c1. The predicted molar refractivity (Wildman–Crippen MR) is 72.3 cm³/mol. The lowest BCUT2D eigenvalue weighted by Crippen LogP contribution is -2.09. The number of nitrogen functional groups attached to an aromatic ring is 2. The Labute approximate surface area is 106 Å². The van der Waals surface area contributed by atoms with Crippen LogP contribution < -0.4 is 11.5 Å². The van der Waals surface area contributed by atoms with E-state index < -0.39 is 0 Å². The predicted octanol–water partition coefficient (Wildman–Crippen LogP) is 1.98. The number of hydrogen-bond donors (Lipinski definition) is 2. The third-order valence-corrected chi connectivity index (χ3v) is 2.80. The van der Waals surface area contributed by atoms with E-state index in [1.54, 1.807) is 30.6 Å². The summed E-state index contributed by atoms with van der Waals surface area (Å²) in [7, 11) is 0. The first-order valence-electron chi connectivity index (χ1n) is 5.65. The summed E-state index contributed by atoms with van der Waals surface area (Å²) in [6, 6.07) is 7.10. The number of Topliss-reactive ketones (excluding diaryl/α,β-unsaturated/α-hetero) is 1. The van der Waals surface area contributed by atoms with Crippen molar-refractivity contribution >= 4 is 17.2 Å². The van der Waals surface area contributed by atoms with Crippen molar-refractivity contribution in [3.8, 4) is 0 Å². The van der Waals surface area contributed by atoms with Crippen LogP contribution in [-0.2, 0) is 6.42 Å². The molecule has 1 aromatic carbocycles.